The second-order valence-electron chi connectivity index (χ2n) is 8.94. The Hall–Kier alpha value is -3.31. The number of nitrogens with one attached hydrogen (secondary N) is 1. The number of carbonyl (C=O) groups is 2. The Morgan fingerprint density at radius 1 is 0.917 bits per heavy atom. The zero-order valence-electron chi connectivity index (χ0n) is 21.0. The SMILES string of the molecule is CC[C@H](C)NC(=O)[C@H](Cc1ccccc1)N(Cc1ccccc1)C(=O)CCCOc1ccc(Cl)cc1. The minimum Gasteiger partial charge on any atom is -0.494 e. The molecule has 0 radical (unpaired) electrons. The molecule has 0 aromatic heterocycles. The summed E-state index contributed by atoms with van der Waals surface area (Å²) in [6.45, 7) is 4.78. The van der Waals surface area contributed by atoms with Gasteiger partial charge in [-0.1, -0.05) is 79.2 Å². The summed E-state index contributed by atoms with van der Waals surface area (Å²) in [5.41, 5.74) is 2.00. The lowest BCUT2D eigenvalue weighted by molar-refractivity contribution is -0.141. The number of hydrogen-bond donors (Lipinski definition) is 1. The van der Waals surface area contributed by atoms with Gasteiger partial charge in [-0.05, 0) is 55.2 Å². The van der Waals surface area contributed by atoms with Crippen LogP contribution in [0.25, 0.3) is 0 Å². The van der Waals surface area contributed by atoms with Crippen LogP contribution in [0.5, 0.6) is 5.75 Å². The minimum atomic E-state index is -0.619. The van der Waals surface area contributed by atoms with Crippen LogP contribution >= 0.6 is 11.6 Å². The van der Waals surface area contributed by atoms with Crippen LogP contribution in [0.1, 0.15) is 44.2 Å². The van der Waals surface area contributed by atoms with E-state index in [1.807, 2.05) is 74.5 Å². The van der Waals surface area contributed by atoms with E-state index in [4.69, 9.17) is 16.3 Å². The normalized spacial score (nSPS) is 12.4. The summed E-state index contributed by atoms with van der Waals surface area (Å²) in [5, 5.41) is 3.74. The van der Waals surface area contributed by atoms with Gasteiger partial charge in [0, 0.05) is 30.5 Å². The molecule has 1 N–H and O–H groups in total. The highest BCUT2D eigenvalue weighted by atomic mass is 35.5. The molecule has 0 saturated carbocycles. The average molecular weight is 507 g/mol. The highest BCUT2D eigenvalue weighted by molar-refractivity contribution is 6.30. The Bertz CT molecular complexity index is 1070. The fourth-order valence-corrected chi connectivity index (χ4v) is 3.99. The van der Waals surface area contributed by atoms with Gasteiger partial charge in [-0.15, -0.1) is 0 Å². The van der Waals surface area contributed by atoms with Gasteiger partial charge in [-0.3, -0.25) is 9.59 Å². The molecule has 6 heteroatoms. The minimum absolute atomic E-state index is 0.0252. The fourth-order valence-electron chi connectivity index (χ4n) is 3.86. The number of rotatable bonds is 13. The van der Waals surface area contributed by atoms with E-state index < -0.39 is 6.04 Å². The number of halogens is 1. The van der Waals surface area contributed by atoms with Crippen molar-refractivity contribution in [2.75, 3.05) is 6.61 Å². The Balaban J connectivity index is 1.76. The third-order valence-electron chi connectivity index (χ3n) is 6.09. The van der Waals surface area contributed by atoms with Crippen LogP contribution in [0.4, 0.5) is 0 Å². The van der Waals surface area contributed by atoms with Crippen LogP contribution in [0.2, 0.25) is 5.02 Å². The van der Waals surface area contributed by atoms with Gasteiger partial charge in [0.25, 0.3) is 0 Å². The van der Waals surface area contributed by atoms with E-state index in [2.05, 4.69) is 5.32 Å². The van der Waals surface area contributed by atoms with Crippen LogP contribution in [-0.2, 0) is 22.6 Å². The molecular formula is C30H35ClN2O3. The van der Waals surface area contributed by atoms with Crippen molar-refractivity contribution in [1.29, 1.82) is 0 Å². The summed E-state index contributed by atoms with van der Waals surface area (Å²) in [4.78, 5) is 28.7. The van der Waals surface area contributed by atoms with Gasteiger partial charge < -0.3 is 15.0 Å². The van der Waals surface area contributed by atoms with Gasteiger partial charge in [0.2, 0.25) is 11.8 Å². The van der Waals surface area contributed by atoms with Gasteiger partial charge in [-0.2, -0.15) is 0 Å². The molecule has 3 aromatic rings. The van der Waals surface area contributed by atoms with Crippen LogP contribution in [-0.4, -0.2) is 35.4 Å². The Morgan fingerprint density at radius 2 is 1.53 bits per heavy atom. The van der Waals surface area contributed by atoms with E-state index in [-0.39, 0.29) is 24.3 Å². The molecule has 0 bridgehead atoms. The van der Waals surface area contributed by atoms with Crippen molar-refractivity contribution >= 4 is 23.4 Å². The van der Waals surface area contributed by atoms with Gasteiger partial charge in [0.1, 0.15) is 11.8 Å². The van der Waals surface area contributed by atoms with Crippen molar-refractivity contribution in [1.82, 2.24) is 10.2 Å². The molecule has 0 fully saturated rings. The molecule has 0 saturated heterocycles. The van der Waals surface area contributed by atoms with E-state index in [1.165, 1.54) is 0 Å². The first-order valence-electron chi connectivity index (χ1n) is 12.5. The highest BCUT2D eigenvalue weighted by Gasteiger charge is 2.30. The van der Waals surface area contributed by atoms with Gasteiger partial charge in [0.05, 0.1) is 6.61 Å². The molecule has 190 valence electrons. The molecule has 2 amide bonds. The highest BCUT2D eigenvalue weighted by Crippen LogP contribution is 2.18. The number of nitrogens with zero attached hydrogens (tertiary/aromatic N) is 1. The molecule has 0 unspecified atom stereocenters. The Kier molecular flexibility index (Phi) is 10.8. The van der Waals surface area contributed by atoms with Crippen molar-refractivity contribution in [2.45, 2.75) is 58.2 Å². The molecule has 3 aromatic carbocycles. The van der Waals surface area contributed by atoms with E-state index in [9.17, 15) is 9.59 Å². The zero-order chi connectivity index (χ0) is 25.8. The van der Waals surface area contributed by atoms with Gasteiger partial charge in [0.15, 0.2) is 0 Å². The Labute approximate surface area is 219 Å². The van der Waals surface area contributed by atoms with Crippen molar-refractivity contribution < 1.29 is 14.3 Å². The summed E-state index contributed by atoms with van der Waals surface area (Å²) in [6.07, 6.45) is 2.08. The second-order valence-corrected chi connectivity index (χ2v) is 9.37. The van der Waals surface area contributed by atoms with Crippen molar-refractivity contribution in [3.63, 3.8) is 0 Å². The number of ether oxygens (including phenoxy) is 1. The average Bonchev–Trinajstić information content (AvgIpc) is 2.90. The van der Waals surface area contributed by atoms with E-state index in [0.717, 1.165) is 17.5 Å². The van der Waals surface area contributed by atoms with Gasteiger partial charge >= 0.3 is 0 Å². The standard InChI is InChI=1S/C30H35ClN2O3/c1-3-23(2)32-30(35)28(21-24-11-6-4-7-12-24)33(22-25-13-8-5-9-14-25)29(34)15-10-20-36-27-18-16-26(31)17-19-27/h4-9,11-14,16-19,23,28H,3,10,15,20-22H2,1-2H3,(H,32,35)/t23-,28-/m0/s1. The van der Waals surface area contributed by atoms with Crippen molar-refractivity contribution in [2.24, 2.45) is 0 Å². The van der Waals surface area contributed by atoms with Crippen molar-refractivity contribution in [3.8, 4) is 5.75 Å². The lowest BCUT2D eigenvalue weighted by Crippen LogP contribution is -2.52. The van der Waals surface area contributed by atoms with Crippen LogP contribution in [0, 0.1) is 0 Å². The third kappa shape index (κ3) is 8.72. The smallest absolute Gasteiger partial charge is 0.243 e. The first kappa shape index (κ1) is 27.3. The number of amides is 2. The predicted molar refractivity (Wildman–Crippen MR) is 145 cm³/mol. The molecule has 36 heavy (non-hydrogen) atoms. The summed E-state index contributed by atoms with van der Waals surface area (Å²) < 4.78 is 5.77. The van der Waals surface area contributed by atoms with E-state index in [1.54, 1.807) is 29.2 Å². The van der Waals surface area contributed by atoms with Gasteiger partial charge in [-0.25, -0.2) is 0 Å². The Morgan fingerprint density at radius 3 is 2.14 bits per heavy atom. The summed E-state index contributed by atoms with van der Waals surface area (Å²) in [7, 11) is 0. The monoisotopic (exact) mass is 506 g/mol. The molecule has 0 spiro atoms. The summed E-state index contributed by atoms with van der Waals surface area (Å²) in [5.74, 6) is 0.511. The number of benzene rings is 3. The largest absolute Gasteiger partial charge is 0.494 e. The van der Waals surface area contributed by atoms with Crippen LogP contribution < -0.4 is 10.1 Å². The third-order valence-corrected chi connectivity index (χ3v) is 6.34. The summed E-state index contributed by atoms with van der Waals surface area (Å²) >= 11 is 5.93. The predicted octanol–water partition coefficient (Wildman–Crippen LogP) is 6.05. The van der Waals surface area contributed by atoms with E-state index >= 15 is 0 Å². The molecule has 2 atom stereocenters. The van der Waals surface area contributed by atoms with Crippen molar-refractivity contribution in [3.05, 3.63) is 101 Å². The fraction of sp³-hybridized carbons (Fsp3) is 0.333. The topological polar surface area (TPSA) is 58.6 Å². The number of hydrogen-bond acceptors (Lipinski definition) is 3. The maximum absolute atomic E-state index is 13.6. The molecule has 0 heterocycles. The quantitative estimate of drug-likeness (QED) is 0.287. The maximum Gasteiger partial charge on any atom is 0.243 e. The summed E-state index contributed by atoms with van der Waals surface area (Å²) in [6, 6.07) is 26.2. The lowest BCUT2D eigenvalue weighted by atomic mass is 10.0. The van der Waals surface area contributed by atoms with E-state index in [0.29, 0.717) is 36.8 Å². The molecule has 5 nitrogen and oxygen atoms in total. The first-order valence-corrected chi connectivity index (χ1v) is 12.9. The van der Waals surface area contributed by atoms with Crippen LogP contribution in [0.3, 0.4) is 0 Å². The van der Waals surface area contributed by atoms with Crippen LogP contribution in [0.15, 0.2) is 84.9 Å². The first-order chi connectivity index (χ1) is 17.5. The molecule has 3 rings (SSSR count). The molecule has 0 aliphatic rings. The maximum atomic E-state index is 13.6. The lowest BCUT2D eigenvalue weighted by Gasteiger charge is -2.32. The molecule has 0 aliphatic heterocycles. The molecule has 0 aliphatic carbocycles. The zero-order valence-corrected chi connectivity index (χ0v) is 21.8. The number of carbonyl (C=O) groups excluding carboxylic acids is 2. The molecular weight excluding hydrogens is 472 g/mol. The second kappa shape index (κ2) is 14.3.